The molecule has 0 N–H and O–H groups in total. The molecule has 0 saturated heterocycles. The molecule has 146 valence electrons. The molecule has 1 unspecified atom stereocenters. The molecular formula is C24H50. The molecule has 0 nitrogen and oxygen atoms in total. The van der Waals surface area contributed by atoms with Crippen LogP contribution >= 0.6 is 0 Å². The van der Waals surface area contributed by atoms with Gasteiger partial charge in [-0.25, -0.2) is 0 Å². The smallest absolute Gasteiger partial charge is 0.0277 e. The molecule has 0 rings (SSSR count). The van der Waals surface area contributed by atoms with E-state index in [2.05, 4.69) is 41.5 Å². The van der Waals surface area contributed by atoms with E-state index in [1.165, 1.54) is 103 Å². The van der Waals surface area contributed by atoms with E-state index in [9.17, 15) is 0 Å². The van der Waals surface area contributed by atoms with Crippen molar-refractivity contribution in [2.24, 2.45) is 10.8 Å². The van der Waals surface area contributed by atoms with E-state index in [0.717, 1.165) is 0 Å². The number of hydrogen-bond acceptors (Lipinski definition) is 0. The van der Waals surface area contributed by atoms with Gasteiger partial charge in [-0.15, -0.1) is 0 Å². The second-order valence-corrected chi connectivity index (χ2v) is 9.55. The van der Waals surface area contributed by atoms with Crippen molar-refractivity contribution < 1.29 is 0 Å². The predicted octanol–water partition coefficient (Wildman–Crippen LogP) is 9.32. The lowest BCUT2D eigenvalue weighted by Gasteiger charge is -2.43. The first-order valence-electron chi connectivity index (χ1n) is 11.4. The van der Waals surface area contributed by atoms with Crippen molar-refractivity contribution in [3.8, 4) is 0 Å². The summed E-state index contributed by atoms with van der Waals surface area (Å²) < 4.78 is 0. The first-order chi connectivity index (χ1) is 11.4. The summed E-state index contributed by atoms with van der Waals surface area (Å²) in [7, 11) is 0. The minimum atomic E-state index is 0.442. The van der Waals surface area contributed by atoms with Crippen LogP contribution in [0.5, 0.6) is 0 Å². The normalized spacial score (nSPS) is 14.8. The Balaban J connectivity index is 3.95. The van der Waals surface area contributed by atoms with E-state index < -0.39 is 0 Å². The molecule has 0 amide bonds. The molecule has 1 atom stereocenters. The lowest BCUT2D eigenvalue weighted by atomic mass is 9.63. The average molecular weight is 339 g/mol. The van der Waals surface area contributed by atoms with Gasteiger partial charge >= 0.3 is 0 Å². The molecule has 0 spiro atoms. The maximum Gasteiger partial charge on any atom is -0.0277 e. The third-order valence-corrected chi connectivity index (χ3v) is 6.47. The molecule has 24 heavy (non-hydrogen) atoms. The van der Waals surface area contributed by atoms with Gasteiger partial charge in [0, 0.05) is 0 Å². The van der Waals surface area contributed by atoms with Gasteiger partial charge in [0.2, 0.25) is 0 Å². The van der Waals surface area contributed by atoms with Gasteiger partial charge in [-0.1, -0.05) is 131 Å². The number of hydrogen-bond donors (Lipinski definition) is 0. The fourth-order valence-corrected chi connectivity index (χ4v) is 3.82. The zero-order chi connectivity index (χ0) is 18.3. The summed E-state index contributed by atoms with van der Waals surface area (Å²) >= 11 is 0. The summed E-state index contributed by atoms with van der Waals surface area (Å²) in [6, 6.07) is 0. The van der Waals surface area contributed by atoms with Gasteiger partial charge in [0.15, 0.2) is 0 Å². The van der Waals surface area contributed by atoms with Crippen LogP contribution in [-0.2, 0) is 0 Å². The third kappa shape index (κ3) is 11.5. The van der Waals surface area contributed by atoms with Gasteiger partial charge in [-0.3, -0.25) is 0 Å². The van der Waals surface area contributed by atoms with Gasteiger partial charge in [0.1, 0.15) is 0 Å². The topological polar surface area (TPSA) is 0 Å². The number of unbranched alkanes of at least 4 members (excludes halogenated alkanes) is 12. The van der Waals surface area contributed by atoms with Crippen LogP contribution < -0.4 is 0 Å². The third-order valence-electron chi connectivity index (χ3n) is 6.47. The zero-order valence-corrected chi connectivity index (χ0v) is 18.3. The molecule has 0 aromatic heterocycles. The molecule has 0 radical (unpaired) electrons. The van der Waals surface area contributed by atoms with Crippen LogP contribution in [0.2, 0.25) is 0 Å². The van der Waals surface area contributed by atoms with Crippen molar-refractivity contribution in [3.05, 3.63) is 0 Å². The van der Waals surface area contributed by atoms with Crippen LogP contribution in [0, 0.1) is 10.8 Å². The zero-order valence-electron chi connectivity index (χ0n) is 18.3. The summed E-state index contributed by atoms with van der Waals surface area (Å²) in [6.07, 6.45) is 23.0. The van der Waals surface area contributed by atoms with Crippen molar-refractivity contribution >= 4 is 0 Å². The first kappa shape index (κ1) is 24.0. The summed E-state index contributed by atoms with van der Waals surface area (Å²) in [4.78, 5) is 0. The van der Waals surface area contributed by atoms with Crippen LogP contribution in [0.3, 0.4) is 0 Å². The van der Waals surface area contributed by atoms with E-state index in [1.807, 2.05) is 0 Å². The van der Waals surface area contributed by atoms with E-state index in [4.69, 9.17) is 0 Å². The van der Waals surface area contributed by atoms with Crippen molar-refractivity contribution in [2.75, 3.05) is 0 Å². The standard InChI is InChI=1S/C24H50/c1-7-9-11-13-15-16-18-20-22-24(6,23(3,4)5)21-19-17-14-12-10-8-2/h7-22H2,1-6H3. The Morgan fingerprint density at radius 2 is 0.708 bits per heavy atom. The predicted molar refractivity (Wildman–Crippen MR) is 113 cm³/mol. The SMILES string of the molecule is CCCCCCCCCCC(C)(CCCCCCCC)C(C)(C)C. The minimum absolute atomic E-state index is 0.442. The fraction of sp³-hybridized carbons (Fsp3) is 1.00. The highest BCUT2D eigenvalue weighted by Gasteiger charge is 2.35. The molecule has 0 aliphatic heterocycles. The average Bonchev–Trinajstić information content (AvgIpc) is 2.52. The van der Waals surface area contributed by atoms with Crippen LogP contribution in [0.1, 0.15) is 144 Å². The molecule has 0 aromatic rings. The second kappa shape index (κ2) is 14.2. The van der Waals surface area contributed by atoms with Gasteiger partial charge in [0.05, 0.1) is 0 Å². The van der Waals surface area contributed by atoms with Crippen molar-refractivity contribution in [1.82, 2.24) is 0 Å². The molecule has 0 saturated carbocycles. The Morgan fingerprint density at radius 3 is 1.00 bits per heavy atom. The largest absolute Gasteiger partial charge is 0.0654 e. The van der Waals surface area contributed by atoms with Gasteiger partial charge in [-0.05, 0) is 23.7 Å². The highest BCUT2D eigenvalue weighted by Crippen LogP contribution is 2.46. The molecule has 0 fully saturated rings. The van der Waals surface area contributed by atoms with Gasteiger partial charge < -0.3 is 0 Å². The summed E-state index contributed by atoms with van der Waals surface area (Å²) in [5.41, 5.74) is 0.970. The summed E-state index contributed by atoms with van der Waals surface area (Å²) in [6.45, 7) is 14.6. The van der Waals surface area contributed by atoms with Crippen LogP contribution in [0.4, 0.5) is 0 Å². The molecular weight excluding hydrogens is 288 g/mol. The van der Waals surface area contributed by atoms with E-state index in [0.29, 0.717) is 10.8 Å². The maximum atomic E-state index is 2.57. The van der Waals surface area contributed by atoms with Crippen molar-refractivity contribution in [1.29, 1.82) is 0 Å². The second-order valence-electron chi connectivity index (χ2n) is 9.55. The Morgan fingerprint density at radius 1 is 0.417 bits per heavy atom. The molecule has 0 aliphatic rings. The van der Waals surface area contributed by atoms with E-state index in [1.54, 1.807) is 0 Å². The quantitative estimate of drug-likeness (QED) is 0.246. The summed E-state index contributed by atoms with van der Waals surface area (Å²) in [5, 5.41) is 0. The highest BCUT2D eigenvalue weighted by atomic mass is 14.4. The molecule has 0 aliphatic carbocycles. The molecule has 0 heteroatoms. The van der Waals surface area contributed by atoms with Crippen molar-refractivity contribution in [3.63, 3.8) is 0 Å². The molecule has 0 heterocycles. The number of rotatable bonds is 16. The van der Waals surface area contributed by atoms with Gasteiger partial charge in [0.25, 0.3) is 0 Å². The summed E-state index contributed by atoms with van der Waals surface area (Å²) in [5.74, 6) is 0. The van der Waals surface area contributed by atoms with Gasteiger partial charge in [-0.2, -0.15) is 0 Å². The lowest BCUT2D eigenvalue weighted by molar-refractivity contribution is 0.0776. The lowest BCUT2D eigenvalue weighted by Crippen LogP contribution is -2.32. The first-order valence-corrected chi connectivity index (χ1v) is 11.4. The fourth-order valence-electron chi connectivity index (χ4n) is 3.82. The Labute approximate surface area is 155 Å². The Bertz CT molecular complexity index is 260. The van der Waals surface area contributed by atoms with Crippen LogP contribution in [0.25, 0.3) is 0 Å². The van der Waals surface area contributed by atoms with E-state index in [-0.39, 0.29) is 0 Å². The monoisotopic (exact) mass is 338 g/mol. The highest BCUT2D eigenvalue weighted by molar-refractivity contribution is 4.86. The molecule has 0 aromatic carbocycles. The Hall–Kier alpha value is 0. The molecule has 0 bridgehead atoms. The minimum Gasteiger partial charge on any atom is -0.0654 e. The Kier molecular flexibility index (Phi) is 14.2. The van der Waals surface area contributed by atoms with Crippen molar-refractivity contribution in [2.45, 2.75) is 144 Å². The maximum absolute atomic E-state index is 2.57. The van der Waals surface area contributed by atoms with Crippen LogP contribution in [0.15, 0.2) is 0 Å². The van der Waals surface area contributed by atoms with E-state index >= 15 is 0 Å². The van der Waals surface area contributed by atoms with Crippen LogP contribution in [-0.4, -0.2) is 0 Å².